The molecule has 3 aromatic rings. The average Bonchev–Trinajstić information content (AvgIpc) is 3.44. The van der Waals surface area contributed by atoms with Gasteiger partial charge in [-0.2, -0.15) is 10.2 Å². The molecule has 10 nitrogen and oxygen atoms in total. The van der Waals surface area contributed by atoms with Crippen molar-refractivity contribution in [1.82, 2.24) is 30.6 Å². The lowest BCUT2D eigenvalue weighted by molar-refractivity contribution is -0.0324. The predicted molar refractivity (Wildman–Crippen MR) is 107 cm³/mol. The molecule has 3 heterocycles. The molecular weight excluding hydrogens is 407 g/mol. The second-order valence-corrected chi connectivity index (χ2v) is 7.33. The summed E-state index contributed by atoms with van der Waals surface area (Å²) >= 11 is 0. The summed E-state index contributed by atoms with van der Waals surface area (Å²) in [6.45, 7) is 0.310. The maximum atomic E-state index is 13.1. The Morgan fingerprint density at radius 2 is 2.03 bits per heavy atom. The van der Waals surface area contributed by atoms with Crippen LogP contribution in [0.2, 0.25) is 0 Å². The van der Waals surface area contributed by atoms with Crippen LogP contribution in [0.1, 0.15) is 21.0 Å². The third kappa shape index (κ3) is 4.78. The zero-order valence-corrected chi connectivity index (χ0v) is 16.5. The zero-order valence-electron chi connectivity index (χ0n) is 16.5. The van der Waals surface area contributed by atoms with Crippen LogP contribution < -0.4 is 5.32 Å². The van der Waals surface area contributed by atoms with Gasteiger partial charge in [0.05, 0.1) is 32.0 Å². The second-order valence-electron chi connectivity index (χ2n) is 7.33. The third-order valence-corrected chi connectivity index (χ3v) is 4.92. The van der Waals surface area contributed by atoms with Gasteiger partial charge in [-0.25, -0.2) is 4.39 Å². The van der Waals surface area contributed by atoms with E-state index < -0.39 is 11.5 Å². The van der Waals surface area contributed by atoms with Gasteiger partial charge in [-0.1, -0.05) is 0 Å². The summed E-state index contributed by atoms with van der Waals surface area (Å²) in [5, 5.41) is 26.7. The van der Waals surface area contributed by atoms with Crippen LogP contribution in [0.15, 0.2) is 42.6 Å². The summed E-state index contributed by atoms with van der Waals surface area (Å²) < 4.78 is 18.6. The number of hydrogen-bond acceptors (Lipinski definition) is 6. The number of hydrogen-bond donors (Lipinski definition) is 4. The van der Waals surface area contributed by atoms with Crippen molar-refractivity contribution in [2.45, 2.75) is 5.60 Å². The first kappa shape index (κ1) is 20.7. The number of nitrogens with one attached hydrogen (secondary N) is 3. The van der Waals surface area contributed by atoms with Gasteiger partial charge in [-0.3, -0.25) is 19.8 Å². The van der Waals surface area contributed by atoms with Crippen LogP contribution in [-0.4, -0.2) is 80.7 Å². The lowest BCUT2D eigenvalue weighted by Gasteiger charge is -2.30. The Morgan fingerprint density at radius 3 is 2.77 bits per heavy atom. The number of aliphatic hydroxyl groups is 1. The fourth-order valence-corrected chi connectivity index (χ4v) is 3.29. The number of amides is 2. The number of benzene rings is 1. The summed E-state index contributed by atoms with van der Waals surface area (Å²) in [5.41, 5.74) is 0.175. The lowest BCUT2D eigenvalue weighted by atomic mass is 10.0. The fraction of sp³-hybridized carbons (Fsp3) is 0.300. The summed E-state index contributed by atoms with van der Waals surface area (Å²) in [5.74, 6) is -1.16. The summed E-state index contributed by atoms with van der Waals surface area (Å²) in [7, 11) is 0. The first-order chi connectivity index (χ1) is 14.9. The van der Waals surface area contributed by atoms with Crippen LogP contribution in [0.25, 0.3) is 11.3 Å². The van der Waals surface area contributed by atoms with Crippen LogP contribution in [0, 0.1) is 5.82 Å². The van der Waals surface area contributed by atoms with E-state index >= 15 is 0 Å². The minimum atomic E-state index is -1.47. The van der Waals surface area contributed by atoms with Gasteiger partial charge in [0, 0.05) is 18.3 Å². The SMILES string of the molecule is O=C(NC[C@]1(O)COCCN(C(=O)c2cc(-c3ccc(F)cc3)n[nH]2)C1)c1ccn[nH]1. The number of nitrogens with zero attached hydrogens (tertiary/aromatic N) is 3. The maximum Gasteiger partial charge on any atom is 0.272 e. The highest BCUT2D eigenvalue weighted by atomic mass is 19.1. The highest BCUT2D eigenvalue weighted by Gasteiger charge is 2.35. The Balaban J connectivity index is 1.44. The van der Waals surface area contributed by atoms with Gasteiger partial charge in [0.1, 0.15) is 22.8 Å². The highest BCUT2D eigenvalue weighted by molar-refractivity contribution is 5.93. The monoisotopic (exact) mass is 428 g/mol. The van der Waals surface area contributed by atoms with Gasteiger partial charge < -0.3 is 20.1 Å². The first-order valence-electron chi connectivity index (χ1n) is 9.62. The molecule has 0 aliphatic carbocycles. The first-order valence-corrected chi connectivity index (χ1v) is 9.62. The molecule has 4 N–H and O–H groups in total. The number of aromatic amines is 2. The van der Waals surface area contributed by atoms with E-state index in [4.69, 9.17) is 4.74 Å². The van der Waals surface area contributed by atoms with Crippen molar-refractivity contribution in [1.29, 1.82) is 0 Å². The van der Waals surface area contributed by atoms with E-state index in [0.717, 1.165) is 0 Å². The minimum Gasteiger partial charge on any atom is -0.384 e. The molecule has 0 spiro atoms. The quantitative estimate of drug-likeness (QED) is 0.469. The molecule has 2 amide bonds. The molecular formula is C20H21FN6O4. The Bertz CT molecular complexity index is 1050. The van der Waals surface area contributed by atoms with Crippen LogP contribution in [-0.2, 0) is 4.74 Å². The topological polar surface area (TPSA) is 136 Å². The molecule has 4 rings (SSSR count). The van der Waals surface area contributed by atoms with E-state index in [2.05, 4.69) is 25.7 Å². The molecule has 162 valence electrons. The van der Waals surface area contributed by atoms with Crippen molar-refractivity contribution in [3.8, 4) is 11.3 Å². The Labute approximate surface area is 176 Å². The second kappa shape index (κ2) is 8.66. The number of ether oxygens (including phenoxy) is 1. The summed E-state index contributed by atoms with van der Waals surface area (Å²) in [6.07, 6.45) is 1.45. The van der Waals surface area contributed by atoms with E-state index in [1.54, 1.807) is 18.2 Å². The van der Waals surface area contributed by atoms with Gasteiger partial charge >= 0.3 is 0 Å². The molecule has 0 bridgehead atoms. The Hall–Kier alpha value is -3.57. The van der Waals surface area contributed by atoms with Gasteiger partial charge in [0.25, 0.3) is 11.8 Å². The highest BCUT2D eigenvalue weighted by Crippen LogP contribution is 2.20. The van der Waals surface area contributed by atoms with Crippen LogP contribution in [0.5, 0.6) is 0 Å². The van der Waals surface area contributed by atoms with E-state index in [1.807, 2.05) is 0 Å². The predicted octanol–water partition coefficient (Wildman–Crippen LogP) is 0.572. The standard InChI is InChI=1S/C20H21FN6O4/c21-14-3-1-13(2-4-14)16-9-17(26-25-16)19(29)27-7-8-31-12-20(30,11-27)10-22-18(28)15-5-6-23-24-15/h1-6,9,30H,7-8,10-12H2,(H,22,28)(H,23,24)(H,25,26)/t20-/m1/s1. The minimum absolute atomic E-state index is 0.0379. The third-order valence-electron chi connectivity index (χ3n) is 4.92. The number of halogens is 1. The molecule has 1 fully saturated rings. The van der Waals surface area contributed by atoms with Gasteiger partial charge in [-0.05, 0) is 36.4 Å². The van der Waals surface area contributed by atoms with E-state index in [1.165, 1.54) is 29.3 Å². The van der Waals surface area contributed by atoms with Crippen molar-refractivity contribution >= 4 is 11.8 Å². The molecule has 1 aliphatic heterocycles. The van der Waals surface area contributed by atoms with Gasteiger partial charge in [0.2, 0.25) is 0 Å². The van der Waals surface area contributed by atoms with Crippen molar-refractivity contribution in [3.63, 3.8) is 0 Å². The Morgan fingerprint density at radius 1 is 1.23 bits per heavy atom. The van der Waals surface area contributed by atoms with Crippen molar-refractivity contribution < 1.29 is 23.8 Å². The lowest BCUT2D eigenvalue weighted by Crippen LogP contribution is -2.53. The number of rotatable bonds is 5. The molecule has 1 atom stereocenters. The van der Waals surface area contributed by atoms with Crippen molar-refractivity contribution in [3.05, 3.63) is 59.8 Å². The molecule has 1 saturated heterocycles. The number of aromatic nitrogens is 4. The number of β-amino-alcohol motifs (C(OH)–C–C–N with tert-alkyl or cyclic N) is 1. The fourth-order valence-electron chi connectivity index (χ4n) is 3.29. The van der Waals surface area contributed by atoms with Crippen molar-refractivity contribution in [2.75, 3.05) is 32.8 Å². The van der Waals surface area contributed by atoms with Crippen LogP contribution >= 0.6 is 0 Å². The largest absolute Gasteiger partial charge is 0.384 e. The molecule has 0 radical (unpaired) electrons. The normalized spacial score (nSPS) is 19.1. The molecule has 0 unspecified atom stereocenters. The van der Waals surface area contributed by atoms with E-state index in [9.17, 15) is 19.1 Å². The maximum absolute atomic E-state index is 13.1. The number of carbonyl (C=O) groups excluding carboxylic acids is 2. The molecule has 0 saturated carbocycles. The molecule has 1 aliphatic rings. The smallest absolute Gasteiger partial charge is 0.272 e. The van der Waals surface area contributed by atoms with Gasteiger partial charge in [0.15, 0.2) is 0 Å². The Kier molecular flexibility index (Phi) is 5.78. The van der Waals surface area contributed by atoms with Crippen LogP contribution in [0.4, 0.5) is 4.39 Å². The van der Waals surface area contributed by atoms with E-state index in [0.29, 0.717) is 11.3 Å². The summed E-state index contributed by atoms with van der Waals surface area (Å²) in [4.78, 5) is 26.6. The molecule has 11 heteroatoms. The molecule has 1 aromatic carbocycles. The van der Waals surface area contributed by atoms with E-state index in [-0.39, 0.29) is 56.0 Å². The van der Waals surface area contributed by atoms with Crippen LogP contribution in [0.3, 0.4) is 0 Å². The summed E-state index contributed by atoms with van der Waals surface area (Å²) in [6, 6.07) is 8.85. The average molecular weight is 428 g/mol. The number of carbonyl (C=O) groups is 2. The molecule has 31 heavy (non-hydrogen) atoms. The number of H-pyrrole nitrogens is 2. The van der Waals surface area contributed by atoms with Gasteiger partial charge in [-0.15, -0.1) is 0 Å². The molecule has 2 aromatic heterocycles. The van der Waals surface area contributed by atoms with Crippen molar-refractivity contribution in [2.24, 2.45) is 0 Å². The zero-order chi connectivity index (χ0) is 21.8.